The standard InChI is InChI=1S/C28H35ClO4.C2H6/c1-28(2)14-12-20(13-15-28)22-9-10-24(23(29)18-22)32-16-4-3-5-19-6-7-21-8-11-25(27(30)31)33-26(21)17-19;1-2/h6-7,9-10,17-18,20,25H,3-5,8,11-16H2,1-2H3,(H,30,31);1-2H3. The minimum atomic E-state index is -0.891. The Bertz CT molecular complexity index is 974. The number of fused-ring (bicyclic) bond motifs is 1. The largest absolute Gasteiger partial charge is 0.492 e. The summed E-state index contributed by atoms with van der Waals surface area (Å²) in [6.45, 7) is 9.35. The summed E-state index contributed by atoms with van der Waals surface area (Å²) in [5.41, 5.74) is 4.06. The molecular formula is C30H41ClO4. The molecule has 35 heavy (non-hydrogen) atoms. The Balaban J connectivity index is 0.00000167. The smallest absolute Gasteiger partial charge is 0.344 e. The highest BCUT2D eigenvalue weighted by atomic mass is 35.5. The van der Waals surface area contributed by atoms with Crippen LogP contribution in [0.1, 0.15) is 95.2 Å². The number of hydrogen-bond acceptors (Lipinski definition) is 3. The van der Waals surface area contributed by atoms with Crippen LogP contribution in [0.4, 0.5) is 0 Å². The molecule has 0 aromatic heterocycles. The van der Waals surface area contributed by atoms with Crippen molar-refractivity contribution in [3.05, 3.63) is 58.1 Å². The normalized spacial score (nSPS) is 19.1. The van der Waals surface area contributed by atoms with Crippen LogP contribution in [0, 0.1) is 5.41 Å². The maximum absolute atomic E-state index is 11.2. The van der Waals surface area contributed by atoms with Gasteiger partial charge in [-0.2, -0.15) is 0 Å². The third-order valence-electron chi connectivity index (χ3n) is 7.24. The summed E-state index contributed by atoms with van der Waals surface area (Å²) in [7, 11) is 0. The van der Waals surface area contributed by atoms with Gasteiger partial charge in [0.05, 0.1) is 11.6 Å². The van der Waals surface area contributed by atoms with E-state index in [9.17, 15) is 9.90 Å². The molecule has 0 saturated heterocycles. The van der Waals surface area contributed by atoms with Crippen LogP contribution < -0.4 is 9.47 Å². The molecule has 0 amide bonds. The molecule has 1 atom stereocenters. The molecule has 0 spiro atoms. The second-order valence-electron chi connectivity index (χ2n) is 10.4. The molecular weight excluding hydrogens is 460 g/mol. The summed E-state index contributed by atoms with van der Waals surface area (Å²) in [5.74, 6) is 1.20. The van der Waals surface area contributed by atoms with E-state index in [1.165, 1.54) is 31.2 Å². The molecule has 1 aliphatic carbocycles. The minimum Gasteiger partial charge on any atom is -0.492 e. The van der Waals surface area contributed by atoms with E-state index in [-0.39, 0.29) is 0 Å². The second-order valence-corrected chi connectivity index (χ2v) is 10.8. The molecule has 2 aliphatic rings. The summed E-state index contributed by atoms with van der Waals surface area (Å²) < 4.78 is 11.6. The van der Waals surface area contributed by atoms with Gasteiger partial charge in [-0.15, -0.1) is 0 Å². The Morgan fingerprint density at radius 1 is 1.09 bits per heavy atom. The summed E-state index contributed by atoms with van der Waals surface area (Å²) in [6, 6.07) is 12.5. The first-order chi connectivity index (χ1) is 16.8. The fourth-order valence-corrected chi connectivity index (χ4v) is 5.22. The highest BCUT2D eigenvalue weighted by Crippen LogP contribution is 2.43. The number of ether oxygens (including phenoxy) is 2. The van der Waals surface area contributed by atoms with Crippen LogP contribution in [0.25, 0.3) is 0 Å². The Morgan fingerprint density at radius 3 is 2.51 bits per heavy atom. The van der Waals surface area contributed by atoms with E-state index in [1.807, 2.05) is 26.0 Å². The molecule has 1 saturated carbocycles. The number of carboxylic acid groups (broad SMARTS) is 1. The van der Waals surface area contributed by atoms with Gasteiger partial charge in [-0.25, -0.2) is 4.79 Å². The van der Waals surface area contributed by atoms with Crippen molar-refractivity contribution in [2.45, 2.75) is 97.5 Å². The zero-order valence-electron chi connectivity index (χ0n) is 21.7. The van der Waals surface area contributed by atoms with Gasteiger partial charge in [0.15, 0.2) is 6.10 Å². The highest BCUT2D eigenvalue weighted by Gasteiger charge is 2.28. The van der Waals surface area contributed by atoms with Gasteiger partial charge in [-0.3, -0.25) is 0 Å². The number of aliphatic carboxylic acids is 1. The lowest BCUT2D eigenvalue weighted by molar-refractivity contribution is -0.145. The number of aryl methyl sites for hydroxylation is 2. The van der Waals surface area contributed by atoms with Crippen molar-refractivity contribution in [3.63, 3.8) is 0 Å². The van der Waals surface area contributed by atoms with Gasteiger partial charge >= 0.3 is 5.97 Å². The average molecular weight is 501 g/mol. The van der Waals surface area contributed by atoms with Crippen LogP contribution in [-0.4, -0.2) is 23.8 Å². The van der Waals surface area contributed by atoms with Crippen molar-refractivity contribution in [2.75, 3.05) is 6.61 Å². The Morgan fingerprint density at radius 2 is 1.83 bits per heavy atom. The lowest BCUT2D eigenvalue weighted by Crippen LogP contribution is -2.30. The number of benzene rings is 2. The average Bonchev–Trinajstić information content (AvgIpc) is 2.85. The van der Waals surface area contributed by atoms with Gasteiger partial charge in [0.25, 0.3) is 0 Å². The second kappa shape index (κ2) is 12.7. The first kappa shape index (κ1) is 27.4. The van der Waals surface area contributed by atoms with E-state index in [0.29, 0.717) is 29.4 Å². The molecule has 5 heteroatoms. The maximum atomic E-state index is 11.2. The highest BCUT2D eigenvalue weighted by molar-refractivity contribution is 6.32. The maximum Gasteiger partial charge on any atom is 0.344 e. The Labute approximate surface area is 216 Å². The van der Waals surface area contributed by atoms with Gasteiger partial charge in [0.2, 0.25) is 0 Å². The summed E-state index contributed by atoms with van der Waals surface area (Å²) in [6.07, 6.45) is 8.35. The van der Waals surface area contributed by atoms with Crippen molar-refractivity contribution >= 4 is 17.6 Å². The Kier molecular flexibility index (Phi) is 9.91. The quantitative estimate of drug-likeness (QED) is 0.371. The zero-order chi connectivity index (χ0) is 25.4. The predicted molar refractivity (Wildman–Crippen MR) is 143 cm³/mol. The molecule has 2 aromatic rings. The van der Waals surface area contributed by atoms with Crippen molar-refractivity contribution in [3.8, 4) is 11.5 Å². The number of carbonyl (C=O) groups is 1. The molecule has 0 bridgehead atoms. The summed E-state index contributed by atoms with van der Waals surface area (Å²) in [5, 5.41) is 9.90. The van der Waals surface area contributed by atoms with Crippen LogP contribution in [0.15, 0.2) is 36.4 Å². The molecule has 1 aliphatic heterocycles. The summed E-state index contributed by atoms with van der Waals surface area (Å²) in [4.78, 5) is 11.2. The molecule has 1 N–H and O–H groups in total. The number of halogens is 1. The van der Waals surface area contributed by atoms with Crippen LogP contribution in [0.2, 0.25) is 5.02 Å². The SMILES string of the molecule is CC.CC1(C)CCC(c2ccc(OCCCCc3ccc4c(c3)OC(C(=O)O)CC4)c(Cl)c2)CC1. The van der Waals surface area contributed by atoms with E-state index in [4.69, 9.17) is 21.1 Å². The van der Waals surface area contributed by atoms with Gasteiger partial charge in [0.1, 0.15) is 11.5 Å². The number of hydrogen-bond donors (Lipinski definition) is 1. The molecule has 1 unspecified atom stereocenters. The van der Waals surface area contributed by atoms with E-state index in [2.05, 4.69) is 38.1 Å². The molecule has 0 radical (unpaired) electrons. The number of rotatable bonds is 8. The van der Waals surface area contributed by atoms with Crippen molar-refractivity contribution in [1.82, 2.24) is 0 Å². The summed E-state index contributed by atoms with van der Waals surface area (Å²) >= 11 is 6.53. The van der Waals surface area contributed by atoms with E-state index >= 15 is 0 Å². The lowest BCUT2D eigenvalue weighted by atomic mass is 9.71. The monoisotopic (exact) mass is 500 g/mol. The van der Waals surface area contributed by atoms with Crippen molar-refractivity contribution < 1.29 is 19.4 Å². The van der Waals surface area contributed by atoms with Crippen molar-refractivity contribution in [1.29, 1.82) is 0 Å². The van der Waals surface area contributed by atoms with E-state index in [0.717, 1.165) is 48.3 Å². The third-order valence-corrected chi connectivity index (χ3v) is 7.53. The molecule has 192 valence electrons. The minimum absolute atomic E-state index is 0.469. The topological polar surface area (TPSA) is 55.8 Å². The first-order valence-corrected chi connectivity index (χ1v) is 13.6. The van der Waals surface area contributed by atoms with Gasteiger partial charge in [-0.1, -0.05) is 57.5 Å². The van der Waals surface area contributed by atoms with Gasteiger partial charge in [-0.05, 0) is 104 Å². The zero-order valence-corrected chi connectivity index (χ0v) is 22.5. The number of unbranched alkanes of at least 4 members (excludes halogenated alkanes) is 1. The van der Waals surface area contributed by atoms with Crippen molar-refractivity contribution in [2.24, 2.45) is 5.41 Å². The number of carboxylic acids is 1. The van der Waals surface area contributed by atoms with Crippen LogP contribution >= 0.6 is 11.6 Å². The fraction of sp³-hybridized carbons (Fsp3) is 0.567. The van der Waals surface area contributed by atoms with E-state index in [1.54, 1.807) is 0 Å². The predicted octanol–water partition coefficient (Wildman–Crippen LogP) is 8.23. The Hall–Kier alpha value is -2.20. The van der Waals surface area contributed by atoms with Crippen LogP contribution in [0.5, 0.6) is 11.5 Å². The molecule has 4 nitrogen and oxygen atoms in total. The molecule has 4 rings (SSSR count). The molecule has 2 aromatic carbocycles. The van der Waals surface area contributed by atoms with Crippen LogP contribution in [0.3, 0.4) is 0 Å². The lowest BCUT2D eigenvalue weighted by Gasteiger charge is -2.34. The molecule has 1 fully saturated rings. The fourth-order valence-electron chi connectivity index (χ4n) is 4.98. The molecule has 1 heterocycles. The van der Waals surface area contributed by atoms with Crippen LogP contribution in [-0.2, 0) is 17.6 Å². The van der Waals surface area contributed by atoms with Gasteiger partial charge in [0, 0.05) is 0 Å². The van der Waals surface area contributed by atoms with E-state index < -0.39 is 12.1 Å². The first-order valence-electron chi connectivity index (χ1n) is 13.2. The van der Waals surface area contributed by atoms with Gasteiger partial charge < -0.3 is 14.6 Å². The third kappa shape index (κ3) is 7.64.